The highest BCUT2D eigenvalue weighted by Crippen LogP contribution is 2.30. The SMILES string of the molecule is OC(c1ccc(F)cc1)c1cc(Br)ccc1Br. The summed E-state index contributed by atoms with van der Waals surface area (Å²) in [5, 5.41) is 10.2. The number of aliphatic hydroxyl groups excluding tert-OH is 1. The van der Waals surface area contributed by atoms with Crippen LogP contribution in [-0.4, -0.2) is 5.11 Å². The Morgan fingerprint density at radius 1 is 1.00 bits per heavy atom. The lowest BCUT2D eigenvalue weighted by Crippen LogP contribution is -2.00. The summed E-state index contributed by atoms with van der Waals surface area (Å²) in [6.07, 6.45) is -0.775. The first-order valence-corrected chi connectivity index (χ1v) is 6.55. The summed E-state index contributed by atoms with van der Waals surface area (Å²) in [5.74, 6) is -0.311. The predicted octanol–water partition coefficient (Wildman–Crippen LogP) is 4.43. The number of hydrogen-bond acceptors (Lipinski definition) is 1. The van der Waals surface area contributed by atoms with E-state index in [-0.39, 0.29) is 5.82 Å². The highest BCUT2D eigenvalue weighted by molar-refractivity contribution is 9.11. The van der Waals surface area contributed by atoms with Crippen molar-refractivity contribution in [3.63, 3.8) is 0 Å². The Bertz CT molecular complexity index is 525. The van der Waals surface area contributed by atoms with Gasteiger partial charge in [-0.3, -0.25) is 0 Å². The lowest BCUT2D eigenvalue weighted by atomic mass is 10.0. The van der Waals surface area contributed by atoms with Crippen LogP contribution in [0.25, 0.3) is 0 Å². The van der Waals surface area contributed by atoms with E-state index in [4.69, 9.17) is 0 Å². The van der Waals surface area contributed by atoms with Gasteiger partial charge in [0.25, 0.3) is 0 Å². The highest BCUT2D eigenvalue weighted by Gasteiger charge is 2.14. The summed E-state index contributed by atoms with van der Waals surface area (Å²) in [6.45, 7) is 0. The summed E-state index contributed by atoms with van der Waals surface area (Å²) < 4.78 is 14.5. The summed E-state index contributed by atoms with van der Waals surface area (Å²) >= 11 is 6.74. The van der Waals surface area contributed by atoms with Crippen LogP contribution in [0.2, 0.25) is 0 Å². The standard InChI is InChI=1S/C13H9Br2FO/c14-9-3-6-12(15)11(7-9)13(17)8-1-4-10(16)5-2-8/h1-7,13,17H. The van der Waals surface area contributed by atoms with Crippen LogP contribution in [0, 0.1) is 5.82 Å². The van der Waals surface area contributed by atoms with Crippen molar-refractivity contribution in [1.82, 2.24) is 0 Å². The quantitative estimate of drug-likeness (QED) is 0.840. The van der Waals surface area contributed by atoms with Crippen molar-refractivity contribution in [2.75, 3.05) is 0 Å². The van der Waals surface area contributed by atoms with E-state index in [1.54, 1.807) is 12.1 Å². The molecule has 0 spiro atoms. The van der Waals surface area contributed by atoms with Crippen molar-refractivity contribution < 1.29 is 9.50 Å². The third-order valence-corrected chi connectivity index (χ3v) is 3.65. The molecule has 0 fully saturated rings. The average Bonchev–Trinajstić information content (AvgIpc) is 2.32. The number of rotatable bonds is 2. The maximum atomic E-state index is 12.8. The third-order valence-electron chi connectivity index (χ3n) is 2.44. The Labute approximate surface area is 116 Å². The van der Waals surface area contributed by atoms with Crippen LogP contribution in [-0.2, 0) is 0 Å². The van der Waals surface area contributed by atoms with Gasteiger partial charge in [0.2, 0.25) is 0 Å². The van der Waals surface area contributed by atoms with E-state index in [0.717, 1.165) is 14.5 Å². The Morgan fingerprint density at radius 2 is 1.65 bits per heavy atom. The maximum absolute atomic E-state index is 12.8. The lowest BCUT2D eigenvalue weighted by Gasteiger charge is -2.13. The van der Waals surface area contributed by atoms with E-state index in [2.05, 4.69) is 31.9 Å². The number of halogens is 3. The predicted molar refractivity (Wildman–Crippen MR) is 72.3 cm³/mol. The molecular weight excluding hydrogens is 351 g/mol. The van der Waals surface area contributed by atoms with Crippen molar-refractivity contribution in [2.45, 2.75) is 6.10 Å². The van der Waals surface area contributed by atoms with Gasteiger partial charge in [0.1, 0.15) is 11.9 Å². The Morgan fingerprint density at radius 3 is 2.29 bits per heavy atom. The van der Waals surface area contributed by atoms with Crippen molar-refractivity contribution in [3.05, 3.63) is 68.4 Å². The molecule has 0 aromatic heterocycles. The summed E-state index contributed by atoms with van der Waals surface area (Å²) in [4.78, 5) is 0. The fraction of sp³-hybridized carbons (Fsp3) is 0.0769. The molecule has 0 aliphatic carbocycles. The second-order valence-corrected chi connectivity index (χ2v) is 5.39. The molecule has 88 valence electrons. The summed E-state index contributed by atoms with van der Waals surface area (Å²) in [6, 6.07) is 11.4. The molecule has 4 heteroatoms. The molecule has 2 aromatic carbocycles. The van der Waals surface area contributed by atoms with E-state index >= 15 is 0 Å². The Balaban J connectivity index is 2.39. The normalized spacial score (nSPS) is 12.5. The van der Waals surface area contributed by atoms with E-state index in [0.29, 0.717) is 5.56 Å². The zero-order valence-corrected chi connectivity index (χ0v) is 11.9. The van der Waals surface area contributed by atoms with E-state index in [1.807, 2.05) is 18.2 Å². The van der Waals surface area contributed by atoms with Crippen LogP contribution in [0.1, 0.15) is 17.2 Å². The minimum absolute atomic E-state index is 0.311. The molecule has 0 amide bonds. The van der Waals surface area contributed by atoms with Gasteiger partial charge in [-0.05, 0) is 35.9 Å². The molecule has 1 nitrogen and oxygen atoms in total. The first-order valence-electron chi connectivity index (χ1n) is 4.96. The monoisotopic (exact) mass is 358 g/mol. The first kappa shape index (κ1) is 12.7. The van der Waals surface area contributed by atoms with Gasteiger partial charge in [-0.15, -0.1) is 0 Å². The second kappa shape index (κ2) is 5.29. The number of aliphatic hydroxyl groups is 1. The molecule has 0 radical (unpaired) electrons. The molecule has 0 heterocycles. The minimum atomic E-state index is -0.775. The van der Waals surface area contributed by atoms with E-state index in [9.17, 15) is 9.50 Å². The maximum Gasteiger partial charge on any atom is 0.123 e. The van der Waals surface area contributed by atoms with Crippen LogP contribution in [0.15, 0.2) is 51.4 Å². The number of hydrogen-bond donors (Lipinski definition) is 1. The smallest absolute Gasteiger partial charge is 0.123 e. The molecule has 0 bridgehead atoms. The average molecular weight is 360 g/mol. The number of benzene rings is 2. The fourth-order valence-electron chi connectivity index (χ4n) is 1.55. The van der Waals surface area contributed by atoms with Crippen LogP contribution >= 0.6 is 31.9 Å². The van der Waals surface area contributed by atoms with Gasteiger partial charge in [-0.1, -0.05) is 44.0 Å². The molecule has 1 N–H and O–H groups in total. The fourth-order valence-corrected chi connectivity index (χ4v) is 2.39. The second-order valence-electron chi connectivity index (χ2n) is 3.62. The molecule has 17 heavy (non-hydrogen) atoms. The Hall–Kier alpha value is -0.710. The van der Waals surface area contributed by atoms with Crippen molar-refractivity contribution in [2.24, 2.45) is 0 Å². The molecule has 0 saturated heterocycles. The molecule has 0 aliphatic heterocycles. The summed E-state index contributed by atoms with van der Waals surface area (Å²) in [7, 11) is 0. The van der Waals surface area contributed by atoms with Gasteiger partial charge < -0.3 is 5.11 Å². The first-order chi connectivity index (χ1) is 8.08. The van der Waals surface area contributed by atoms with Gasteiger partial charge >= 0.3 is 0 Å². The Kier molecular flexibility index (Phi) is 3.97. The van der Waals surface area contributed by atoms with Crippen LogP contribution < -0.4 is 0 Å². The van der Waals surface area contributed by atoms with Crippen LogP contribution in [0.5, 0.6) is 0 Å². The topological polar surface area (TPSA) is 20.2 Å². The van der Waals surface area contributed by atoms with Gasteiger partial charge in [-0.2, -0.15) is 0 Å². The van der Waals surface area contributed by atoms with Crippen molar-refractivity contribution >= 4 is 31.9 Å². The highest BCUT2D eigenvalue weighted by atomic mass is 79.9. The van der Waals surface area contributed by atoms with Crippen LogP contribution in [0.3, 0.4) is 0 Å². The van der Waals surface area contributed by atoms with Gasteiger partial charge in [0, 0.05) is 14.5 Å². The van der Waals surface area contributed by atoms with Crippen LogP contribution in [0.4, 0.5) is 4.39 Å². The van der Waals surface area contributed by atoms with Crippen molar-refractivity contribution in [3.8, 4) is 0 Å². The lowest BCUT2D eigenvalue weighted by molar-refractivity contribution is 0.219. The van der Waals surface area contributed by atoms with Gasteiger partial charge in [0.05, 0.1) is 0 Å². The zero-order chi connectivity index (χ0) is 12.4. The van der Waals surface area contributed by atoms with Gasteiger partial charge in [-0.25, -0.2) is 4.39 Å². The molecular formula is C13H9Br2FO. The molecule has 1 unspecified atom stereocenters. The minimum Gasteiger partial charge on any atom is -0.384 e. The summed E-state index contributed by atoms with van der Waals surface area (Å²) in [5.41, 5.74) is 1.40. The van der Waals surface area contributed by atoms with Crippen molar-refractivity contribution in [1.29, 1.82) is 0 Å². The molecule has 0 aliphatic rings. The third kappa shape index (κ3) is 2.94. The molecule has 2 aromatic rings. The molecule has 1 atom stereocenters. The molecule has 0 saturated carbocycles. The zero-order valence-electron chi connectivity index (χ0n) is 8.70. The molecule has 2 rings (SSSR count). The van der Waals surface area contributed by atoms with E-state index in [1.165, 1.54) is 12.1 Å². The van der Waals surface area contributed by atoms with E-state index < -0.39 is 6.10 Å². The largest absolute Gasteiger partial charge is 0.384 e. The van der Waals surface area contributed by atoms with Gasteiger partial charge in [0.15, 0.2) is 0 Å².